The Bertz CT molecular complexity index is 1000. The molecule has 3 rings (SSSR count). The Hall–Kier alpha value is -2.87. The number of sulfonamides is 1. The van der Waals surface area contributed by atoms with Crippen LogP contribution in [0.3, 0.4) is 0 Å². The lowest BCUT2D eigenvalue weighted by atomic mass is 10.1. The standard InChI is InChI=1S/C21H24N2O5S/c1-28-17-9-4-7-16(15-17)8-5-13-22-20(24)12-6-14-23-21(25)18-10-2-3-11-19(18)29(23,26)27/h2-4,7,9-11,15H,5-6,8,12-14H2,1H3,(H,22,24). The van der Waals surface area contributed by atoms with E-state index in [0.717, 1.165) is 28.5 Å². The van der Waals surface area contributed by atoms with Gasteiger partial charge in [0.1, 0.15) is 10.6 Å². The first-order chi connectivity index (χ1) is 13.9. The molecule has 0 bridgehead atoms. The van der Waals surface area contributed by atoms with E-state index in [1.807, 2.05) is 24.3 Å². The van der Waals surface area contributed by atoms with Crippen LogP contribution < -0.4 is 10.1 Å². The molecule has 8 heteroatoms. The summed E-state index contributed by atoms with van der Waals surface area (Å²) < 4.78 is 31.0. The highest BCUT2D eigenvalue weighted by Gasteiger charge is 2.40. The van der Waals surface area contributed by atoms with Crippen molar-refractivity contribution in [2.45, 2.75) is 30.6 Å². The van der Waals surface area contributed by atoms with Gasteiger partial charge in [0.15, 0.2) is 0 Å². The topological polar surface area (TPSA) is 92.8 Å². The van der Waals surface area contributed by atoms with E-state index in [2.05, 4.69) is 5.32 Å². The van der Waals surface area contributed by atoms with E-state index < -0.39 is 15.9 Å². The summed E-state index contributed by atoms with van der Waals surface area (Å²) in [6.07, 6.45) is 2.04. The Morgan fingerprint density at radius 3 is 2.66 bits per heavy atom. The van der Waals surface area contributed by atoms with Gasteiger partial charge in [-0.2, -0.15) is 0 Å². The van der Waals surface area contributed by atoms with E-state index in [-0.39, 0.29) is 35.8 Å². The van der Waals surface area contributed by atoms with Crippen LogP contribution in [0.1, 0.15) is 35.2 Å². The first-order valence-electron chi connectivity index (χ1n) is 9.49. The molecule has 1 N–H and O–H groups in total. The first-order valence-corrected chi connectivity index (χ1v) is 10.9. The van der Waals surface area contributed by atoms with Crippen LogP contribution >= 0.6 is 0 Å². The summed E-state index contributed by atoms with van der Waals surface area (Å²) in [5.41, 5.74) is 1.32. The number of aryl methyl sites for hydroxylation is 1. The predicted molar refractivity (Wildman–Crippen MR) is 108 cm³/mol. The average Bonchev–Trinajstić information content (AvgIpc) is 2.92. The second-order valence-corrected chi connectivity index (χ2v) is 8.62. The van der Waals surface area contributed by atoms with Gasteiger partial charge in [0.05, 0.1) is 12.7 Å². The minimum absolute atomic E-state index is 0.00687. The lowest BCUT2D eigenvalue weighted by Gasteiger charge is -2.14. The summed E-state index contributed by atoms with van der Waals surface area (Å²) in [4.78, 5) is 24.4. The van der Waals surface area contributed by atoms with Gasteiger partial charge in [-0.15, -0.1) is 0 Å². The van der Waals surface area contributed by atoms with Crippen molar-refractivity contribution in [1.29, 1.82) is 0 Å². The van der Waals surface area contributed by atoms with Crippen molar-refractivity contribution >= 4 is 21.8 Å². The number of carbonyl (C=O) groups is 2. The summed E-state index contributed by atoms with van der Waals surface area (Å²) in [6, 6.07) is 13.9. The molecular weight excluding hydrogens is 392 g/mol. The Balaban J connectivity index is 1.40. The van der Waals surface area contributed by atoms with E-state index in [1.54, 1.807) is 19.2 Å². The molecule has 0 aliphatic carbocycles. The molecule has 7 nitrogen and oxygen atoms in total. The molecule has 29 heavy (non-hydrogen) atoms. The van der Waals surface area contributed by atoms with Crippen molar-refractivity contribution < 1.29 is 22.7 Å². The number of ether oxygens (including phenoxy) is 1. The van der Waals surface area contributed by atoms with E-state index >= 15 is 0 Å². The zero-order valence-electron chi connectivity index (χ0n) is 16.3. The first kappa shape index (κ1) is 20.9. The van der Waals surface area contributed by atoms with Crippen LogP contribution in [0, 0.1) is 0 Å². The molecule has 0 fully saturated rings. The maximum Gasteiger partial charge on any atom is 0.269 e. The fourth-order valence-electron chi connectivity index (χ4n) is 3.27. The summed E-state index contributed by atoms with van der Waals surface area (Å²) in [6.45, 7) is 0.523. The minimum Gasteiger partial charge on any atom is -0.497 e. The Morgan fingerprint density at radius 2 is 1.90 bits per heavy atom. The zero-order valence-corrected chi connectivity index (χ0v) is 17.1. The molecule has 1 aliphatic heterocycles. The van der Waals surface area contributed by atoms with E-state index in [0.29, 0.717) is 6.54 Å². The van der Waals surface area contributed by atoms with E-state index in [1.165, 1.54) is 12.1 Å². The van der Waals surface area contributed by atoms with Crippen LogP contribution in [0.15, 0.2) is 53.4 Å². The summed E-state index contributed by atoms with van der Waals surface area (Å²) in [5, 5.41) is 2.83. The number of hydrogen-bond donors (Lipinski definition) is 1. The number of benzene rings is 2. The fraction of sp³-hybridized carbons (Fsp3) is 0.333. The molecule has 0 radical (unpaired) electrons. The van der Waals surface area contributed by atoms with Crippen LogP contribution in [-0.2, 0) is 21.2 Å². The van der Waals surface area contributed by atoms with Crippen LogP contribution in [0.2, 0.25) is 0 Å². The second-order valence-electron chi connectivity index (χ2n) is 6.79. The van der Waals surface area contributed by atoms with Crippen molar-refractivity contribution in [3.05, 3.63) is 59.7 Å². The third-order valence-corrected chi connectivity index (χ3v) is 6.62. The van der Waals surface area contributed by atoms with Crippen molar-refractivity contribution in [3.63, 3.8) is 0 Å². The molecule has 1 heterocycles. The van der Waals surface area contributed by atoms with Gasteiger partial charge in [0.2, 0.25) is 5.91 Å². The minimum atomic E-state index is -3.81. The maximum atomic E-state index is 12.5. The molecule has 0 saturated heterocycles. The highest BCUT2D eigenvalue weighted by Crippen LogP contribution is 2.29. The number of fused-ring (bicyclic) bond motifs is 1. The third-order valence-electron chi connectivity index (χ3n) is 4.78. The molecule has 0 saturated carbocycles. The summed E-state index contributed by atoms with van der Waals surface area (Å²) in [7, 11) is -2.19. The predicted octanol–water partition coefficient (Wildman–Crippen LogP) is 2.37. The molecule has 2 amide bonds. The molecule has 0 unspecified atom stereocenters. The summed E-state index contributed by atoms with van der Waals surface area (Å²) >= 11 is 0. The second kappa shape index (κ2) is 9.09. The Morgan fingerprint density at radius 1 is 1.10 bits per heavy atom. The highest BCUT2D eigenvalue weighted by atomic mass is 32.2. The fourth-order valence-corrected chi connectivity index (χ4v) is 4.88. The lowest BCUT2D eigenvalue weighted by Crippen LogP contribution is -2.32. The van der Waals surface area contributed by atoms with Crippen LogP contribution in [0.25, 0.3) is 0 Å². The number of nitrogens with one attached hydrogen (secondary N) is 1. The number of amides is 2. The number of carbonyl (C=O) groups excluding carboxylic acids is 2. The molecular formula is C21H24N2O5S. The number of nitrogens with zero attached hydrogens (tertiary/aromatic N) is 1. The largest absolute Gasteiger partial charge is 0.497 e. The molecule has 1 aliphatic rings. The van der Waals surface area contributed by atoms with Crippen molar-refractivity contribution in [3.8, 4) is 5.75 Å². The van der Waals surface area contributed by atoms with E-state index in [9.17, 15) is 18.0 Å². The van der Waals surface area contributed by atoms with Crippen molar-refractivity contribution in [1.82, 2.24) is 9.62 Å². The zero-order chi connectivity index (χ0) is 20.9. The maximum absolute atomic E-state index is 12.5. The normalized spacial score (nSPS) is 14.5. The number of methoxy groups -OCH3 is 1. The SMILES string of the molecule is COc1cccc(CCCNC(=O)CCCN2C(=O)c3ccccc3S2(=O)=O)c1. The van der Waals surface area contributed by atoms with Gasteiger partial charge in [-0.05, 0) is 49.1 Å². The van der Waals surface area contributed by atoms with Crippen LogP contribution in [0.4, 0.5) is 0 Å². The highest BCUT2D eigenvalue weighted by molar-refractivity contribution is 7.90. The van der Waals surface area contributed by atoms with Crippen molar-refractivity contribution in [2.24, 2.45) is 0 Å². The van der Waals surface area contributed by atoms with Gasteiger partial charge in [0.25, 0.3) is 15.9 Å². The molecule has 154 valence electrons. The Kier molecular flexibility index (Phi) is 6.53. The van der Waals surface area contributed by atoms with Gasteiger partial charge in [-0.3, -0.25) is 9.59 Å². The van der Waals surface area contributed by atoms with Gasteiger partial charge < -0.3 is 10.1 Å². The Labute approximate surface area is 170 Å². The van der Waals surface area contributed by atoms with Gasteiger partial charge in [-0.1, -0.05) is 24.3 Å². The number of hydrogen-bond acceptors (Lipinski definition) is 5. The van der Waals surface area contributed by atoms with E-state index in [4.69, 9.17) is 4.74 Å². The smallest absolute Gasteiger partial charge is 0.269 e. The van der Waals surface area contributed by atoms with Gasteiger partial charge in [-0.25, -0.2) is 12.7 Å². The molecule has 0 aromatic heterocycles. The average molecular weight is 416 g/mol. The monoisotopic (exact) mass is 416 g/mol. The van der Waals surface area contributed by atoms with Crippen molar-refractivity contribution in [2.75, 3.05) is 20.2 Å². The van der Waals surface area contributed by atoms with Gasteiger partial charge in [0, 0.05) is 19.5 Å². The molecule has 0 spiro atoms. The van der Waals surface area contributed by atoms with Crippen LogP contribution in [-0.4, -0.2) is 44.7 Å². The summed E-state index contributed by atoms with van der Waals surface area (Å²) in [5.74, 6) is 0.122. The molecule has 0 atom stereocenters. The third kappa shape index (κ3) is 4.76. The van der Waals surface area contributed by atoms with Crippen LogP contribution in [0.5, 0.6) is 5.75 Å². The number of rotatable bonds is 9. The molecule has 2 aromatic carbocycles. The lowest BCUT2D eigenvalue weighted by molar-refractivity contribution is -0.121. The molecule has 2 aromatic rings. The van der Waals surface area contributed by atoms with Gasteiger partial charge >= 0.3 is 0 Å². The quantitative estimate of drug-likeness (QED) is 0.634.